The Morgan fingerprint density at radius 1 is 1.00 bits per heavy atom. The van der Waals surface area contributed by atoms with Crippen LogP contribution in [0, 0.1) is 11.3 Å². The van der Waals surface area contributed by atoms with Crippen LogP contribution < -0.4 is 10.6 Å². The summed E-state index contributed by atoms with van der Waals surface area (Å²) in [6.07, 6.45) is 1.02. The van der Waals surface area contributed by atoms with E-state index in [1.165, 1.54) is 11.1 Å². The lowest BCUT2D eigenvalue weighted by molar-refractivity contribution is 0.803. The van der Waals surface area contributed by atoms with Gasteiger partial charge in [-0.2, -0.15) is 5.26 Å². The van der Waals surface area contributed by atoms with E-state index in [2.05, 4.69) is 52.9 Å². The predicted octanol–water partition coefficient (Wildman–Crippen LogP) is 3.60. The Labute approximate surface area is 161 Å². The van der Waals surface area contributed by atoms with Crippen molar-refractivity contribution < 1.29 is 0 Å². The van der Waals surface area contributed by atoms with Crippen molar-refractivity contribution in [2.24, 2.45) is 4.99 Å². The summed E-state index contributed by atoms with van der Waals surface area (Å²) in [5, 5.41) is 15.4. The molecule has 4 nitrogen and oxygen atoms in total. The van der Waals surface area contributed by atoms with E-state index in [4.69, 9.17) is 5.26 Å². The molecule has 5 heteroatoms. The summed E-state index contributed by atoms with van der Waals surface area (Å²) in [5.41, 5.74) is 4.42. The number of aryl methyl sites for hydroxylation is 1. The maximum Gasteiger partial charge on any atom is 0.191 e. The van der Waals surface area contributed by atoms with Gasteiger partial charge in [-0.15, -0.1) is 24.0 Å². The predicted molar refractivity (Wildman–Crippen MR) is 109 cm³/mol. The van der Waals surface area contributed by atoms with Gasteiger partial charge in [0.25, 0.3) is 0 Å². The summed E-state index contributed by atoms with van der Waals surface area (Å²) in [5.74, 6) is 0.764. The smallest absolute Gasteiger partial charge is 0.191 e. The minimum Gasteiger partial charge on any atom is -0.352 e. The molecule has 0 bridgehead atoms. The molecule has 0 fully saturated rings. The van der Waals surface area contributed by atoms with Gasteiger partial charge >= 0.3 is 0 Å². The lowest BCUT2D eigenvalue weighted by atomic mass is 10.1. The van der Waals surface area contributed by atoms with E-state index in [1.54, 1.807) is 7.05 Å². The highest BCUT2D eigenvalue weighted by Gasteiger charge is 2.02. The molecule has 0 heterocycles. The molecule has 2 aromatic rings. The van der Waals surface area contributed by atoms with E-state index in [1.807, 2.05) is 24.3 Å². The van der Waals surface area contributed by atoms with Gasteiger partial charge in [-0.3, -0.25) is 4.99 Å². The average Bonchev–Trinajstić information content (AvgIpc) is 2.62. The number of rotatable bonds is 5. The number of nitrogens with zero attached hydrogens (tertiary/aromatic N) is 2. The number of hydrogen-bond acceptors (Lipinski definition) is 2. The Kier molecular flexibility index (Phi) is 8.87. The van der Waals surface area contributed by atoms with Crippen LogP contribution in [-0.2, 0) is 19.5 Å². The normalized spacial score (nSPS) is 10.5. The van der Waals surface area contributed by atoms with E-state index < -0.39 is 0 Å². The molecule has 0 amide bonds. The largest absolute Gasteiger partial charge is 0.352 e. The summed E-state index contributed by atoms with van der Waals surface area (Å²) >= 11 is 0. The molecule has 0 radical (unpaired) electrons. The first-order chi connectivity index (χ1) is 11.3. The van der Waals surface area contributed by atoms with E-state index in [0.717, 1.165) is 24.5 Å². The second kappa shape index (κ2) is 10.7. The molecular weight excluding hydrogens is 411 g/mol. The van der Waals surface area contributed by atoms with Gasteiger partial charge in [-0.25, -0.2) is 0 Å². The monoisotopic (exact) mass is 434 g/mol. The molecule has 2 N–H and O–H groups in total. The van der Waals surface area contributed by atoms with Gasteiger partial charge in [0.2, 0.25) is 0 Å². The van der Waals surface area contributed by atoms with Gasteiger partial charge in [-0.1, -0.05) is 43.3 Å². The van der Waals surface area contributed by atoms with Crippen LogP contribution in [0.15, 0.2) is 53.5 Å². The van der Waals surface area contributed by atoms with Crippen molar-refractivity contribution in [3.05, 3.63) is 70.8 Å². The van der Waals surface area contributed by atoms with Crippen LogP contribution in [0.2, 0.25) is 0 Å². The highest BCUT2D eigenvalue weighted by Crippen LogP contribution is 2.09. The summed E-state index contributed by atoms with van der Waals surface area (Å²) in [6.45, 7) is 3.58. The van der Waals surface area contributed by atoms with Crippen LogP contribution in [0.1, 0.15) is 29.2 Å². The summed E-state index contributed by atoms with van der Waals surface area (Å²) < 4.78 is 0. The maximum absolute atomic E-state index is 8.81. The van der Waals surface area contributed by atoms with Crippen LogP contribution >= 0.6 is 24.0 Å². The minimum absolute atomic E-state index is 0. The van der Waals surface area contributed by atoms with Crippen molar-refractivity contribution in [3.63, 3.8) is 0 Å². The van der Waals surface area contributed by atoms with Gasteiger partial charge < -0.3 is 10.6 Å². The molecule has 2 aromatic carbocycles. The topological polar surface area (TPSA) is 60.2 Å². The molecule has 0 atom stereocenters. The van der Waals surface area contributed by atoms with Crippen LogP contribution in [-0.4, -0.2) is 13.0 Å². The standard InChI is InChI=1S/C19H22N4.HI/c1-3-17-6-4-5-7-18(17)14-23-19(21-2)22-13-16-10-8-15(12-20)9-11-16;/h4-11H,3,13-14H2,1-2H3,(H2,21,22,23);1H. The summed E-state index contributed by atoms with van der Waals surface area (Å²) in [7, 11) is 1.76. The Morgan fingerprint density at radius 3 is 2.21 bits per heavy atom. The van der Waals surface area contributed by atoms with Crippen LogP contribution in [0.3, 0.4) is 0 Å². The fourth-order valence-electron chi connectivity index (χ4n) is 2.36. The Hall–Kier alpha value is -2.07. The van der Waals surface area contributed by atoms with Crippen LogP contribution in [0.4, 0.5) is 0 Å². The first kappa shape index (κ1) is 20.0. The van der Waals surface area contributed by atoms with Crippen molar-refractivity contribution in [2.75, 3.05) is 7.05 Å². The van der Waals surface area contributed by atoms with Crippen LogP contribution in [0.25, 0.3) is 0 Å². The van der Waals surface area contributed by atoms with Crippen molar-refractivity contribution in [1.29, 1.82) is 5.26 Å². The molecule has 0 aliphatic carbocycles. The number of guanidine groups is 1. The minimum atomic E-state index is 0. The first-order valence-corrected chi connectivity index (χ1v) is 7.77. The number of halogens is 1. The fourth-order valence-corrected chi connectivity index (χ4v) is 2.36. The number of nitrogens with one attached hydrogen (secondary N) is 2. The average molecular weight is 434 g/mol. The third-order valence-corrected chi connectivity index (χ3v) is 3.71. The molecule has 0 aliphatic heterocycles. The zero-order chi connectivity index (χ0) is 16.5. The third kappa shape index (κ3) is 5.85. The van der Waals surface area contributed by atoms with E-state index in [-0.39, 0.29) is 24.0 Å². The maximum atomic E-state index is 8.81. The fraction of sp³-hybridized carbons (Fsp3) is 0.263. The highest BCUT2D eigenvalue weighted by atomic mass is 127. The molecule has 126 valence electrons. The lowest BCUT2D eigenvalue weighted by Gasteiger charge is -2.14. The quantitative estimate of drug-likeness (QED) is 0.430. The van der Waals surface area contributed by atoms with Crippen molar-refractivity contribution in [2.45, 2.75) is 26.4 Å². The van der Waals surface area contributed by atoms with Crippen molar-refractivity contribution >= 4 is 29.9 Å². The Balaban J connectivity index is 0.00000288. The zero-order valence-corrected chi connectivity index (χ0v) is 16.4. The zero-order valence-electron chi connectivity index (χ0n) is 14.0. The number of benzene rings is 2. The molecule has 0 saturated heterocycles. The molecule has 24 heavy (non-hydrogen) atoms. The Morgan fingerprint density at radius 2 is 1.62 bits per heavy atom. The molecule has 0 unspecified atom stereocenters. The molecular formula is C19H23IN4. The lowest BCUT2D eigenvalue weighted by Crippen LogP contribution is -2.36. The molecule has 2 rings (SSSR count). The SMILES string of the molecule is CCc1ccccc1CNC(=NC)NCc1ccc(C#N)cc1.I. The van der Waals surface area contributed by atoms with E-state index in [0.29, 0.717) is 12.1 Å². The van der Waals surface area contributed by atoms with E-state index >= 15 is 0 Å². The summed E-state index contributed by atoms with van der Waals surface area (Å²) in [4.78, 5) is 4.25. The second-order valence-electron chi connectivity index (χ2n) is 5.21. The molecule has 0 aliphatic rings. The molecule has 0 spiro atoms. The summed E-state index contributed by atoms with van der Waals surface area (Å²) in [6, 6.07) is 18.1. The van der Waals surface area contributed by atoms with Gasteiger partial charge in [0.1, 0.15) is 0 Å². The van der Waals surface area contributed by atoms with Crippen LogP contribution in [0.5, 0.6) is 0 Å². The van der Waals surface area contributed by atoms with Crippen molar-refractivity contribution in [1.82, 2.24) is 10.6 Å². The molecule has 0 saturated carbocycles. The number of aliphatic imine (C=N–C) groups is 1. The van der Waals surface area contributed by atoms with Gasteiger partial charge in [-0.05, 0) is 35.2 Å². The second-order valence-corrected chi connectivity index (χ2v) is 5.21. The third-order valence-electron chi connectivity index (χ3n) is 3.71. The number of hydrogen-bond donors (Lipinski definition) is 2. The van der Waals surface area contributed by atoms with Gasteiger partial charge in [0.15, 0.2) is 5.96 Å². The molecule has 0 aromatic heterocycles. The first-order valence-electron chi connectivity index (χ1n) is 7.77. The van der Waals surface area contributed by atoms with Crippen molar-refractivity contribution in [3.8, 4) is 6.07 Å². The van der Waals surface area contributed by atoms with Gasteiger partial charge in [0.05, 0.1) is 11.6 Å². The van der Waals surface area contributed by atoms with Gasteiger partial charge in [0, 0.05) is 20.1 Å². The Bertz CT molecular complexity index is 702. The number of nitriles is 1. The van der Waals surface area contributed by atoms with E-state index in [9.17, 15) is 0 Å². The highest BCUT2D eigenvalue weighted by molar-refractivity contribution is 14.0.